The first-order valence-corrected chi connectivity index (χ1v) is 15.4. The van der Waals surface area contributed by atoms with Crippen LogP contribution in [0.5, 0.6) is 11.5 Å². The fourth-order valence-electron chi connectivity index (χ4n) is 5.30. The molecule has 0 spiro atoms. The molecule has 0 saturated carbocycles. The smallest absolute Gasteiger partial charge is 0.187 e. The van der Waals surface area contributed by atoms with Crippen molar-refractivity contribution < 1.29 is 77.3 Å². The maximum absolute atomic E-state index is 10.3. The molecule has 10 atom stereocenters. The highest BCUT2D eigenvalue weighted by Gasteiger charge is 2.49. The van der Waals surface area contributed by atoms with Gasteiger partial charge in [0.25, 0.3) is 0 Å². The minimum absolute atomic E-state index is 0.0396. The highest BCUT2D eigenvalue weighted by molar-refractivity contribution is 5.39. The first-order chi connectivity index (χ1) is 22.5. The van der Waals surface area contributed by atoms with Gasteiger partial charge in [-0.25, -0.2) is 0 Å². The van der Waals surface area contributed by atoms with E-state index in [0.717, 1.165) is 0 Å². The molecule has 2 saturated heterocycles. The maximum atomic E-state index is 10.3. The maximum Gasteiger partial charge on any atom is 0.187 e. The van der Waals surface area contributed by atoms with Crippen molar-refractivity contribution in [3.63, 3.8) is 0 Å². The van der Waals surface area contributed by atoms with Gasteiger partial charge in [-0.15, -0.1) is 0 Å². The van der Waals surface area contributed by atoms with Gasteiger partial charge in [0.2, 0.25) is 0 Å². The van der Waals surface area contributed by atoms with Crippen molar-refractivity contribution in [2.45, 2.75) is 61.4 Å². The summed E-state index contributed by atoms with van der Waals surface area (Å²) in [6.45, 7) is 1.67. The predicted molar refractivity (Wildman–Crippen MR) is 156 cm³/mol. The zero-order valence-corrected chi connectivity index (χ0v) is 26.3. The highest BCUT2D eigenvalue weighted by atomic mass is 16.7. The van der Waals surface area contributed by atoms with Gasteiger partial charge in [-0.3, -0.25) is 0 Å². The van der Waals surface area contributed by atoms with Gasteiger partial charge in [0, 0.05) is 14.2 Å². The summed E-state index contributed by atoms with van der Waals surface area (Å²) >= 11 is 0. The van der Waals surface area contributed by atoms with E-state index in [1.807, 2.05) is 24.3 Å². The molecular formula is C30H48O16. The second-order valence-corrected chi connectivity index (χ2v) is 10.7. The van der Waals surface area contributed by atoms with Gasteiger partial charge in [-0.1, -0.05) is 12.1 Å². The summed E-state index contributed by atoms with van der Waals surface area (Å²) in [5, 5.41) is 39.7. The Bertz CT molecular complexity index is 971. The molecule has 1 aromatic carbocycles. The molecule has 0 bridgehead atoms. The molecule has 4 rings (SSSR count). The predicted octanol–water partition coefficient (Wildman–Crippen LogP) is -1.52. The monoisotopic (exact) mass is 664 g/mol. The van der Waals surface area contributed by atoms with Crippen molar-refractivity contribution >= 4 is 0 Å². The first kappa shape index (κ1) is 37.1. The summed E-state index contributed by atoms with van der Waals surface area (Å²) < 4.78 is 70.0. The van der Waals surface area contributed by atoms with E-state index in [2.05, 4.69) is 0 Å². The molecule has 16 heteroatoms. The van der Waals surface area contributed by atoms with E-state index in [4.69, 9.17) is 56.8 Å². The Hall–Kier alpha value is -1.74. The van der Waals surface area contributed by atoms with Gasteiger partial charge in [-0.2, -0.15) is 0 Å². The van der Waals surface area contributed by atoms with Crippen molar-refractivity contribution in [3.8, 4) is 11.5 Å². The Balaban J connectivity index is 1.38. The fraction of sp³-hybridized carbons (Fsp3) is 0.800. The lowest BCUT2D eigenvalue weighted by Gasteiger charge is -2.45. The number of rotatable bonds is 9. The lowest BCUT2D eigenvalue weighted by atomic mass is 9.98. The van der Waals surface area contributed by atoms with E-state index in [1.54, 1.807) is 14.2 Å². The van der Waals surface area contributed by atoms with Crippen molar-refractivity contribution in [2.24, 2.45) is 0 Å². The molecule has 0 radical (unpaired) electrons. The van der Waals surface area contributed by atoms with Gasteiger partial charge >= 0.3 is 0 Å². The second kappa shape index (κ2) is 19.9. The molecule has 3 heterocycles. The number of para-hydroxylation sites is 2. The Morgan fingerprint density at radius 1 is 0.674 bits per heavy atom. The molecular weight excluding hydrogens is 616 g/mol. The average molecular weight is 665 g/mol. The van der Waals surface area contributed by atoms with Crippen molar-refractivity contribution in [2.75, 3.05) is 93.5 Å². The third-order valence-corrected chi connectivity index (χ3v) is 7.59. The molecule has 0 unspecified atom stereocenters. The van der Waals surface area contributed by atoms with E-state index >= 15 is 0 Å². The third kappa shape index (κ3) is 10.4. The van der Waals surface area contributed by atoms with Crippen molar-refractivity contribution in [1.29, 1.82) is 0 Å². The molecule has 46 heavy (non-hydrogen) atoms. The molecule has 0 amide bonds. The average Bonchev–Trinajstić information content (AvgIpc) is 3.06. The number of fused-ring (bicyclic) bond motifs is 2. The summed E-state index contributed by atoms with van der Waals surface area (Å²) in [4.78, 5) is 0. The van der Waals surface area contributed by atoms with Crippen LogP contribution in [0.1, 0.15) is 0 Å². The molecule has 0 aliphatic carbocycles. The van der Waals surface area contributed by atoms with E-state index in [0.29, 0.717) is 37.9 Å². The fourth-order valence-corrected chi connectivity index (χ4v) is 5.30. The molecule has 1 aromatic rings. The number of aliphatic hydroxyl groups is 4. The highest BCUT2D eigenvalue weighted by Crippen LogP contribution is 2.30. The van der Waals surface area contributed by atoms with Crippen LogP contribution >= 0.6 is 0 Å². The Kier molecular flexibility index (Phi) is 16.1. The van der Waals surface area contributed by atoms with Crippen LogP contribution in [-0.2, 0) is 47.4 Å². The summed E-state index contributed by atoms with van der Waals surface area (Å²) in [5.41, 5.74) is 0. The lowest BCUT2D eigenvalue weighted by Crippen LogP contribution is -2.62. The minimum Gasteiger partial charge on any atom is -0.487 e. The van der Waals surface area contributed by atoms with Gasteiger partial charge in [0.05, 0.1) is 66.1 Å². The summed E-state index contributed by atoms with van der Waals surface area (Å²) in [5.74, 6) is 1.23. The van der Waals surface area contributed by atoms with Crippen LogP contribution in [0.25, 0.3) is 0 Å². The van der Waals surface area contributed by atoms with Gasteiger partial charge < -0.3 is 77.3 Å². The number of benzene rings is 1. The molecule has 0 aromatic heterocycles. The molecule has 4 N–H and O–H groups in total. The second-order valence-electron chi connectivity index (χ2n) is 10.7. The summed E-state index contributed by atoms with van der Waals surface area (Å²) in [6.07, 6.45) is -10.5. The van der Waals surface area contributed by atoms with E-state index in [-0.39, 0.29) is 46.2 Å². The first-order valence-electron chi connectivity index (χ1n) is 15.4. The normalized spacial score (nSPS) is 35.4. The van der Waals surface area contributed by atoms with Crippen LogP contribution in [0.15, 0.2) is 24.3 Å². The van der Waals surface area contributed by atoms with Crippen LogP contribution in [0.4, 0.5) is 0 Å². The zero-order valence-electron chi connectivity index (χ0n) is 26.3. The number of ether oxygens (including phenoxy) is 12. The molecule has 3 aliphatic heterocycles. The van der Waals surface area contributed by atoms with Crippen LogP contribution < -0.4 is 9.47 Å². The van der Waals surface area contributed by atoms with Gasteiger partial charge in [0.15, 0.2) is 24.1 Å². The molecule has 264 valence electrons. The van der Waals surface area contributed by atoms with Gasteiger partial charge in [-0.05, 0) is 12.1 Å². The van der Waals surface area contributed by atoms with Crippen LogP contribution in [0, 0.1) is 0 Å². The molecule has 2 fully saturated rings. The number of hydrogen-bond acceptors (Lipinski definition) is 16. The van der Waals surface area contributed by atoms with Crippen LogP contribution in [-0.4, -0.2) is 175 Å². The Morgan fingerprint density at radius 2 is 1.24 bits per heavy atom. The van der Waals surface area contributed by atoms with E-state index in [9.17, 15) is 20.4 Å². The summed E-state index contributed by atoms with van der Waals surface area (Å²) in [6, 6.07) is 7.39. The largest absolute Gasteiger partial charge is 0.487 e. The number of methoxy groups -OCH3 is 2. The third-order valence-electron chi connectivity index (χ3n) is 7.59. The van der Waals surface area contributed by atoms with E-state index in [1.165, 1.54) is 0 Å². The number of hydrogen-bond donors (Lipinski definition) is 4. The zero-order chi connectivity index (χ0) is 32.7. The Labute approximate surface area is 268 Å². The van der Waals surface area contributed by atoms with Gasteiger partial charge in [0.1, 0.15) is 62.0 Å². The number of aliphatic hydroxyl groups excluding tert-OH is 4. The molecule has 3 aliphatic rings. The lowest BCUT2D eigenvalue weighted by molar-refractivity contribution is -0.329. The van der Waals surface area contributed by atoms with Crippen molar-refractivity contribution in [1.82, 2.24) is 0 Å². The summed E-state index contributed by atoms with van der Waals surface area (Å²) in [7, 11) is 3.09. The topological polar surface area (TPSA) is 192 Å². The van der Waals surface area contributed by atoms with E-state index < -0.39 is 68.0 Å². The molecule has 16 nitrogen and oxygen atoms in total. The van der Waals surface area contributed by atoms with Crippen LogP contribution in [0.3, 0.4) is 0 Å². The quantitative estimate of drug-likeness (QED) is 0.222. The van der Waals surface area contributed by atoms with Crippen LogP contribution in [0.2, 0.25) is 0 Å². The SMILES string of the molecule is COC[C@H]1O[C@H](OCCO[C@@H]2O[C@H](CO)[C@H](O)[C@H](O)[C@H]2O)[C@@H]2OCCOCCOc3ccccc3OCCOCCO[C@H]2[C@@H]1OC. The standard InChI is InChI=1S/C30H48O16/c1-35-18-22-26(36-2)27-28(30(46-22)44-16-15-43-29-25(34)24(33)23(32)21(17-31)45-29)42-14-10-38-8-12-40-20-6-4-3-5-19(20)39-11-7-37-9-13-41-27/h3-6,21-34H,7-18H2,1-2H3/t21-,22-,23+,24+,25-,26-,27+,28-,29-,30+/m1/s1. The minimum atomic E-state index is -1.56. The van der Waals surface area contributed by atoms with Crippen molar-refractivity contribution in [3.05, 3.63) is 24.3 Å². The Morgan fingerprint density at radius 3 is 1.83 bits per heavy atom.